The molecule has 0 aromatic carbocycles. The van der Waals surface area contributed by atoms with Crippen LogP contribution in [0.3, 0.4) is 0 Å². The predicted molar refractivity (Wildman–Crippen MR) is 69.3 cm³/mol. The van der Waals surface area contributed by atoms with Gasteiger partial charge in [0.05, 0.1) is 0 Å². The molecule has 1 fully saturated rings. The molecule has 2 atom stereocenters. The fraction of sp³-hybridized carbons (Fsp3) is 0.636. The van der Waals surface area contributed by atoms with Gasteiger partial charge in [0.15, 0.2) is 15.2 Å². The third-order valence-electron chi connectivity index (χ3n) is 3.39. The van der Waals surface area contributed by atoms with E-state index in [0.717, 1.165) is 29.4 Å². The number of thiazole rings is 1. The third kappa shape index (κ3) is 2.40. The number of carboxylic acids is 1. The zero-order chi connectivity index (χ0) is 12.6. The van der Waals surface area contributed by atoms with E-state index in [4.69, 9.17) is 16.7 Å². The van der Waals surface area contributed by atoms with Crippen molar-refractivity contribution in [2.45, 2.75) is 32.7 Å². The lowest BCUT2D eigenvalue weighted by atomic mass is 9.93. The molecule has 4 nitrogen and oxygen atoms in total. The number of aromatic nitrogens is 1. The molecule has 0 aliphatic carbocycles. The average Bonchev–Trinajstić information content (AvgIpc) is 2.64. The van der Waals surface area contributed by atoms with Gasteiger partial charge in [-0.05, 0) is 25.7 Å². The molecular weight excluding hydrogens is 260 g/mol. The van der Waals surface area contributed by atoms with Crippen LogP contribution in [0.25, 0.3) is 0 Å². The zero-order valence-electron chi connectivity index (χ0n) is 9.81. The summed E-state index contributed by atoms with van der Waals surface area (Å²) in [4.78, 5) is 17.4. The molecule has 0 saturated carbocycles. The van der Waals surface area contributed by atoms with Crippen LogP contribution in [-0.2, 0) is 0 Å². The summed E-state index contributed by atoms with van der Waals surface area (Å²) in [6.07, 6.45) is 2.33. The van der Waals surface area contributed by atoms with E-state index in [-0.39, 0.29) is 10.0 Å². The average molecular weight is 275 g/mol. The Labute approximate surface area is 109 Å². The molecule has 6 heteroatoms. The van der Waals surface area contributed by atoms with Crippen LogP contribution in [-0.4, -0.2) is 28.6 Å². The molecule has 0 amide bonds. The molecule has 17 heavy (non-hydrogen) atoms. The van der Waals surface area contributed by atoms with Crippen LogP contribution in [0.15, 0.2) is 0 Å². The van der Waals surface area contributed by atoms with Crippen LogP contribution in [0, 0.1) is 5.92 Å². The van der Waals surface area contributed by atoms with E-state index in [9.17, 15) is 4.79 Å². The highest BCUT2D eigenvalue weighted by molar-refractivity contribution is 7.18. The number of hydrogen-bond acceptors (Lipinski definition) is 4. The second-order valence-corrected chi connectivity index (χ2v) is 5.81. The Balaban J connectivity index is 2.27. The second kappa shape index (κ2) is 4.82. The summed E-state index contributed by atoms with van der Waals surface area (Å²) in [7, 11) is 0. The Hall–Kier alpha value is -0.810. The minimum atomic E-state index is -1.00. The number of carboxylic acid groups (broad SMARTS) is 1. The lowest BCUT2D eigenvalue weighted by Crippen LogP contribution is -2.42. The fourth-order valence-corrected chi connectivity index (χ4v) is 3.39. The molecule has 1 aromatic rings. The number of nitrogens with zero attached hydrogens (tertiary/aromatic N) is 2. The molecule has 1 aliphatic rings. The van der Waals surface area contributed by atoms with Crippen molar-refractivity contribution in [2.24, 2.45) is 5.92 Å². The minimum Gasteiger partial charge on any atom is -0.477 e. The molecule has 0 bridgehead atoms. The number of piperidine rings is 1. The van der Waals surface area contributed by atoms with E-state index in [1.54, 1.807) is 0 Å². The molecule has 94 valence electrons. The van der Waals surface area contributed by atoms with Crippen molar-refractivity contribution >= 4 is 34.0 Å². The van der Waals surface area contributed by atoms with Crippen molar-refractivity contribution in [3.63, 3.8) is 0 Å². The van der Waals surface area contributed by atoms with E-state index < -0.39 is 5.97 Å². The molecule has 2 rings (SSSR count). The van der Waals surface area contributed by atoms with Crippen LogP contribution < -0.4 is 4.90 Å². The van der Waals surface area contributed by atoms with E-state index in [1.165, 1.54) is 6.42 Å². The van der Waals surface area contributed by atoms with E-state index in [0.29, 0.717) is 12.0 Å². The van der Waals surface area contributed by atoms with E-state index in [2.05, 4.69) is 23.7 Å². The van der Waals surface area contributed by atoms with Gasteiger partial charge in [0.2, 0.25) is 0 Å². The number of carbonyl (C=O) groups is 1. The summed E-state index contributed by atoms with van der Waals surface area (Å²) in [5.74, 6) is -0.406. The summed E-state index contributed by atoms with van der Waals surface area (Å²) in [6, 6.07) is 0.382. The Morgan fingerprint density at radius 3 is 2.88 bits per heavy atom. The highest BCUT2D eigenvalue weighted by Gasteiger charge is 2.28. The van der Waals surface area contributed by atoms with Crippen LogP contribution in [0.5, 0.6) is 0 Å². The molecule has 1 N–H and O–H groups in total. The topological polar surface area (TPSA) is 53.4 Å². The number of anilines is 1. The summed E-state index contributed by atoms with van der Waals surface area (Å²) in [6.45, 7) is 5.29. The lowest BCUT2D eigenvalue weighted by molar-refractivity contribution is 0.0702. The highest BCUT2D eigenvalue weighted by atomic mass is 35.5. The maximum absolute atomic E-state index is 10.9. The van der Waals surface area contributed by atoms with Crippen molar-refractivity contribution in [1.29, 1.82) is 0 Å². The second-order valence-electron chi connectivity index (χ2n) is 4.48. The number of rotatable bonds is 2. The van der Waals surface area contributed by atoms with Gasteiger partial charge in [0.25, 0.3) is 0 Å². The predicted octanol–water partition coefficient (Wildman–Crippen LogP) is 3.12. The van der Waals surface area contributed by atoms with Gasteiger partial charge in [-0.15, -0.1) is 0 Å². The first-order chi connectivity index (χ1) is 8.00. The van der Waals surface area contributed by atoms with Gasteiger partial charge in [-0.3, -0.25) is 0 Å². The summed E-state index contributed by atoms with van der Waals surface area (Å²) >= 11 is 7.00. The van der Waals surface area contributed by atoms with Gasteiger partial charge < -0.3 is 10.0 Å². The number of halogens is 1. The molecular formula is C11H15ClN2O2S. The van der Waals surface area contributed by atoms with E-state index >= 15 is 0 Å². The highest BCUT2D eigenvalue weighted by Crippen LogP contribution is 2.34. The van der Waals surface area contributed by atoms with Crippen molar-refractivity contribution in [3.05, 3.63) is 10.0 Å². The van der Waals surface area contributed by atoms with Gasteiger partial charge >= 0.3 is 5.97 Å². The fourth-order valence-electron chi connectivity index (χ4n) is 2.15. The first kappa shape index (κ1) is 12.6. The Kier molecular flexibility index (Phi) is 3.58. The van der Waals surface area contributed by atoms with Crippen LogP contribution >= 0.6 is 22.9 Å². The maximum atomic E-state index is 10.9. The SMILES string of the molecule is CC1CCCN(c2nc(Cl)c(C(=O)O)s2)C1C. The van der Waals surface area contributed by atoms with Crippen molar-refractivity contribution < 1.29 is 9.90 Å². The normalized spacial score (nSPS) is 25.0. The Morgan fingerprint density at radius 1 is 1.59 bits per heavy atom. The van der Waals surface area contributed by atoms with Gasteiger partial charge in [-0.25, -0.2) is 9.78 Å². The largest absolute Gasteiger partial charge is 0.477 e. The monoisotopic (exact) mass is 274 g/mol. The molecule has 1 saturated heterocycles. The quantitative estimate of drug-likeness (QED) is 0.900. The van der Waals surface area contributed by atoms with Gasteiger partial charge in [0, 0.05) is 12.6 Å². The third-order valence-corrected chi connectivity index (χ3v) is 4.85. The molecule has 0 spiro atoms. The van der Waals surface area contributed by atoms with Crippen molar-refractivity contribution in [2.75, 3.05) is 11.4 Å². The molecule has 2 heterocycles. The first-order valence-corrected chi connectivity index (χ1v) is 6.86. The maximum Gasteiger partial charge on any atom is 0.349 e. The smallest absolute Gasteiger partial charge is 0.349 e. The minimum absolute atomic E-state index is 0.0999. The standard InChI is InChI=1S/C11H15ClN2O2S/c1-6-4-3-5-14(7(6)2)11-13-9(12)8(17-11)10(15)16/h6-7H,3-5H2,1-2H3,(H,15,16). The molecule has 0 radical (unpaired) electrons. The Bertz CT molecular complexity index is 435. The van der Waals surface area contributed by atoms with Crippen LogP contribution in [0.1, 0.15) is 36.4 Å². The molecule has 2 unspecified atom stereocenters. The van der Waals surface area contributed by atoms with Gasteiger partial charge in [-0.2, -0.15) is 0 Å². The Morgan fingerprint density at radius 2 is 2.29 bits per heavy atom. The van der Waals surface area contributed by atoms with Crippen molar-refractivity contribution in [1.82, 2.24) is 4.98 Å². The number of hydrogen-bond donors (Lipinski definition) is 1. The lowest BCUT2D eigenvalue weighted by Gasteiger charge is -2.37. The van der Waals surface area contributed by atoms with Gasteiger partial charge in [-0.1, -0.05) is 29.9 Å². The number of aromatic carboxylic acids is 1. The van der Waals surface area contributed by atoms with Crippen LogP contribution in [0.2, 0.25) is 5.15 Å². The summed E-state index contributed by atoms with van der Waals surface area (Å²) < 4.78 is 0. The van der Waals surface area contributed by atoms with E-state index in [1.807, 2.05) is 0 Å². The summed E-state index contributed by atoms with van der Waals surface area (Å²) in [5.41, 5.74) is 0. The molecule has 1 aromatic heterocycles. The molecule has 1 aliphatic heterocycles. The summed E-state index contributed by atoms with van der Waals surface area (Å²) in [5, 5.41) is 9.79. The van der Waals surface area contributed by atoms with Gasteiger partial charge in [0.1, 0.15) is 0 Å². The first-order valence-electron chi connectivity index (χ1n) is 5.67. The van der Waals surface area contributed by atoms with Crippen molar-refractivity contribution in [3.8, 4) is 0 Å². The zero-order valence-corrected chi connectivity index (χ0v) is 11.4. The van der Waals surface area contributed by atoms with Crippen LogP contribution in [0.4, 0.5) is 5.13 Å².